The van der Waals surface area contributed by atoms with Crippen molar-refractivity contribution < 1.29 is 5.11 Å². The van der Waals surface area contributed by atoms with Gasteiger partial charge in [0, 0.05) is 34.0 Å². The van der Waals surface area contributed by atoms with Crippen molar-refractivity contribution in [2.45, 2.75) is 12.8 Å². The Morgan fingerprint density at radius 1 is 0.969 bits per heavy atom. The molecule has 0 spiro atoms. The third-order valence-corrected chi connectivity index (χ3v) is 6.15. The van der Waals surface area contributed by atoms with Crippen LogP contribution in [0.4, 0.5) is 0 Å². The molecule has 2 N–H and O–H groups in total. The van der Waals surface area contributed by atoms with Gasteiger partial charge in [-0.3, -0.25) is 14.9 Å². The minimum atomic E-state index is -0.514. The van der Waals surface area contributed by atoms with Gasteiger partial charge in [-0.2, -0.15) is 0 Å². The SMILES string of the molecule is Cc1[nH]n(-c2ccccc2)c(=O)c1C(c1cncc(Br)c1)c1c(O)ccc2ccccc12. The van der Waals surface area contributed by atoms with Crippen LogP contribution < -0.4 is 5.56 Å². The molecule has 0 aliphatic heterocycles. The maximum absolute atomic E-state index is 13.7. The highest BCUT2D eigenvalue weighted by atomic mass is 79.9. The Balaban J connectivity index is 1.85. The van der Waals surface area contributed by atoms with Gasteiger partial charge in [0.15, 0.2) is 0 Å². The summed E-state index contributed by atoms with van der Waals surface area (Å²) in [6, 6.07) is 22.8. The zero-order valence-electron chi connectivity index (χ0n) is 17.3. The van der Waals surface area contributed by atoms with E-state index in [1.54, 1.807) is 23.1 Å². The van der Waals surface area contributed by atoms with E-state index in [1.807, 2.05) is 73.7 Å². The van der Waals surface area contributed by atoms with Gasteiger partial charge in [0.1, 0.15) is 5.75 Å². The number of nitrogens with zero attached hydrogens (tertiary/aromatic N) is 2. The molecule has 5 aromatic rings. The van der Waals surface area contributed by atoms with Crippen molar-refractivity contribution in [3.05, 3.63) is 122 Å². The topological polar surface area (TPSA) is 70.9 Å². The lowest BCUT2D eigenvalue weighted by Crippen LogP contribution is -2.21. The number of fused-ring (bicyclic) bond motifs is 1. The van der Waals surface area contributed by atoms with Gasteiger partial charge in [0.2, 0.25) is 0 Å². The highest BCUT2D eigenvalue weighted by Gasteiger charge is 2.29. The first-order valence-corrected chi connectivity index (χ1v) is 11.0. The zero-order chi connectivity index (χ0) is 22.2. The molecular weight excluding hydrogens is 466 g/mol. The first-order valence-electron chi connectivity index (χ1n) is 10.2. The van der Waals surface area contributed by atoms with Crippen molar-refractivity contribution in [1.29, 1.82) is 0 Å². The zero-order valence-corrected chi connectivity index (χ0v) is 18.9. The van der Waals surface area contributed by atoms with Crippen LogP contribution in [0, 0.1) is 6.92 Å². The molecule has 2 aromatic heterocycles. The molecule has 1 atom stereocenters. The summed E-state index contributed by atoms with van der Waals surface area (Å²) < 4.78 is 2.35. The van der Waals surface area contributed by atoms with E-state index in [0.717, 1.165) is 32.2 Å². The van der Waals surface area contributed by atoms with E-state index in [1.165, 1.54) is 0 Å². The van der Waals surface area contributed by atoms with Gasteiger partial charge in [0.05, 0.1) is 11.3 Å². The summed E-state index contributed by atoms with van der Waals surface area (Å²) in [7, 11) is 0. The van der Waals surface area contributed by atoms with Gasteiger partial charge < -0.3 is 5.11 Å². The molecule has 6 heteroatoms. The van der Waals surface area contributed by atoms with Crippen LogP contribution in [-0.4, -0.2) is 19.9 Å². The summed E-state index contributed by atoms with van der Waals surface area (Å²) in [6.45, 7) is 1.89. The molecule has 3 aromatic carbocycles. The summed E-state index contributed by atoms with van der Waals surface area (Å²) in [5, 5.41) is 16.1. The number of aromatic nitrogens is 3. The molecule has 32 heavy (non-hydrogen) atoms. The van der Waals surface area contributed by atoms with E-state index in [4.69, 9.17) is 0 Å². The first kappa shape index (κ1) is 20.3. The Labute approximate surface area is 193 Å². The summed E-state index contributed by atoms with van der Waals surface area (Å²) in [6.07, 6.45) is 3.45. The normalized spacial score (nSPS) is 12.2. The van der Waals surface area contributed by atoms with Gasteiger partial charge >= 0.3 is 0 Å². The lowest BCUT2D eigenvalue weighted by Gasteiger charge is -2.20. The van der Waals surface area contributed by atoms with Gasteiger partial charge in [-0.15, -0.1) is 0 Å². The van der Waals surface area contributed by atoms with Crippen molar-refractivity contribution in [1.82, 2.24) is 14.8 Å². The van der Waals surface area contributed by atoms with Crippen molar-refractivity contribution in [3.8, 4) is 11.4 Å². The number of benzene rings is 3. The second-order valence-corrected chi connectivity index (χ2v) is 8.63. The minimum absolute atomic E-state index is 0.139. The number of para-hydroxylation sites is 1. The molecule has 0 aliphatic rings. The predicted molar refractivity (Wildman–Crippen MR) is 130 cm³/mol. The first-order chi connectivity index (χ1) is 15.5. The standard InChI is InChI=1S/C26H20BrN3O2/c1-16-23(26(32)30(29-16)20-8-3-2-4-9-20)24(18-13-19(27)15-28-14-18)25-21-10-6-5-7-17(21)11-12-22(25)31/h2-15,24,29,31H,1H3. The van der Waals surface area contributed by atoms with Crippen LogP contribution in [-0.2, 0) is 0 Å². The molecule has 0 saturated heterocycles. The van der Waals surface area contributed by atoms with Gasteiger partial charge in [0.25, 0.3) is 5.56 Å². The third-order valence-electron chi connectivity index (χ3n) is 5.72. The van der Waals surface area contributed by atoms with E-state index in [2.05, 4.69) is 26.0 Å². The fraction of sp³-hybridized carbons (Fsp3) is 0.0769. The highest BCUT2D eigenvalue weighted by molar-refractivity contribution is 9.10. The largest absolute Gasteiger partial charge is 0.508 e. The number of aryl methyl sites for hydroxylation is 1. The molecule has 0 bridgehead atoms. The van der Waals surface area contributed by atoms with E-state index in [0.29, 0.717) is 11.1 Å². The van der Waals surface area contributed by atoms with Crippen LogP contribution in [0.3, 0.4) is 0 Å². The van der Waals surface area contributed by atoms with Gasteiger partial charge in [-0.25, -0.2) is 4.68 Å². The Hall–Kier alpha value is -3.64. The number of aromatic hydroxyl groups is 1. The Morgan fingerprint density at radius 2 is 1.72 bits per heavy atom. The van der Waals surface area contributed by atoms with Crippen molar-refractivity contribution in [3.63, 3.8) is 0 Å². The fourth-order valence-corrected chi connectivity index (χ4v) is 4.69. The van der Waals surface area contributed by atoms with Crippen LogP contribution in [0.2, 0.25) is 0 Å². The number of hydrogen-bond acceptors (Lipinski definition) is 3. The number of halogens is 1. The van der Waals surface area contributed by atoms with Crippen LogP contribution in [0.1, 0.15) is 28.3 Å². The van der Waals surface area contributed by atoms with E-state index in [9.17, 15) is 9.90 Å². The second kappa shape index (κ2) is 8.13. The Bertz CT molecular complexity index is 1490. The summed E-state index contributed by atoms with van der Waals surface area (Å²) in [5.74, 6) is -0.375. The number of H-pyrrole nitrogens is 1. The number of aromatic amines is 1. The average molecular weight is 486 g/mol. The molecule has 0 radical (unpaired) electrons. The molecule has 0 amide bonds. The lowest BCUT2D eigenvalue weighted by molar-refractivity contribution is 0.468. The van der Waals surface area contributed by atoms with Crippen molar-refractivity contribution >= 4 is 26.7 Å². The predicted octanol–water partition coefficient (Wildman–Crippen LogP) is 5.67. The maximum Gasteiger partial charge on any atom is 0.275 e. The number of phenolic OH excluding ortho intramolecular Hbond substituents is 1. The maximum atomic E-state index is 13.7. The van der Waals surface area contributed by atoms with Crippen LogP contribution in [0.5, 0.6) is 5.75 Å². The number of pyridine rings is 1. The molecule has 0 aliphatic carbocycles. The van der Waals surface area contributed by atoms with E-state index >= 15 is 0 Å². The highest BCUT2D eigenvalue weighted by Crippen LogP contribution is 2.41. The number of phenols is 1. The molecule has 5 nitrogen and oxygen atoms in total. The van der Waals surface area contributed by atoms with E-state index in [-0.39, 0.29) is 11.3 Å². The van der Waals surface area contributed by atoms with Gasteiger partial charge in [-0.05, 0) is 63.5 Å². The van der Waals surface area contributed by atoms with Crippen LogP contribution in [0.15, 0.2) is 94.5 Å². The summed E-state index contributed by atoms with van der Waals surface area (Å²) >= 11 is 3.51. The second-order valence-electron chi connectivity index (χ2n) is 7.72. The minimum Gasteiger partial charge on any atom is -0.508 e. The number of nitrogens with one attached hydrogen (secondary N) is 1. The fourth-order valence-electron chi connectivity index (χ4n) is 4.31. The van der Waals surface area contributed by atoms with Crippen LogP contribution in [0.25, 0.3) is 16.5 Å². The molecule has 0 saturated carbocycles. The van der Waals surface area contributed by atoms with Gasteiger partial charge in [-0.1, -0.05) is 48.5 Å². The summed E-state index contributed by atoms with van der Waals surface area (Å²) in [4.78, 5) is 18.1. The molecule has 158 valence electrons. The average Bonchev–Trinajstić information content (AvgIpc) is 3.10. The number of hydrogen-bond donors (Lipinski definition) is 2. The smallest absolute Gasteiger partial charge is 0.275 e. The molecule has 1 unspecified atom stereocenters. The Kier molecular flexibility index (Phi) is 5.15. The molecule has 5 rings (SSSR count). The summed E-state index contributed by atoms with van der Waals surface area (Å²) in [5.41, 5.74) is 3.38. The Morgan fingerprint density at radius 3 is 2.50 bits per heavy atom. The van der Waals surface area contributed by atoms with Crippen molar-refractivity contribution in [2.24, 2.45) is 0 Å². The molecule has 2 heterocycles. The number of rotatable bonds is 4. The van der Waals surface area contributed by atoms with E-state index < -0.39 is 5.92 Å². The van der Waals surface area contributed by atoms with Crippen molar-refractivity contribution in [2.75, 3.05) is 0 Å². The lowest BCUT2D eigenvalue weighted by atomic mass is 9.83. The molecule has 0 fully saturated rings. The quantitative estimate of drug-likeness (QED) is 0.344. The monoisotopic (exact) mass is 485 g/mol. The molecular formula is C26H20BrN3O2. The van der Waals surface area contributed by atoms with Crippen LogP contribution >= 0.6 is 15.9 Å². The third kappa shape index (κ3) is 3.42.